The van der Waals surface area contributed by atoms with Crippen molar-refractivity contribution < 1.29 is 4.79 Å². The molecule has 0 N–H and O–H groups in total. The Bertz CT molecular complexity index is 336. The zero-order chi connectivity index (χ0) is 10.7. The highest BCUT2D eigenvalue weighted by Crippen LogP contribution is 2.22. The molecule has 0 aromatic heterocycles. The standard InChI is InChI=1S/C13H18O/c1-9(2)11(4)13(14)12-8-6-5-7-10(12)3/h6,8H,5,7H2,1-4H3. The van der Waals surface area contributed by atoms with Crippen molar-refractivity contribution >= 4 is 5.78 Å². The highest BCUT2D eigenvalue weighted by Gasteiger charge is 2.14. The van der Waals surface area contributed by atoms with Gasteiger partial charge in [0.05, 0.1) is 0 Å². The Hall–Kier alpha value is -1.11. The van der Waals surface area contributed by atoms with Crippen LogP contribution in [0.2, 0.25) is 0 Å². The SMILES string of the molecule is CC(C)=C(C)C(=O)C1=C(C)CCC=C1. The van der Waals surface area contributed by atoms with Crippen LogP contribution < -0.4 is 0 Å². The molecule has 76 valence electrons. The summed E-state index contributed by atoms with van der Waals surface area (Å²) in [5.74, 6) is 0.193. The third-order valence-electron chi connectivity index (χ3n) is 2.77. The van der Waals surface area contributed by atoms with Crippen LogP contribution in [0, 0.1) is 0 Å². The lowest BCUT2D eigenvalue weighted by Crippen LogP contribution is -2.07. The molecule has 1 rings (SSSR count). The van der Waals surface area contributed by atoms with Crippen LogP contribution in [0.5, 0.6) is 0 Å². The summed E-state index contributed by atoms with van der Waals surface area (Å²) in [7, 11) is 0. The van der Waals surface area contributed by atoms with Crippen molar-refractivity contribution in [2.24, 2.45) is 0 Å². The van der Waals surface area contributed by atoms with Crippen LogP contribution in [-0.4, -0.2) is 5.78 Å². The van der Waals surface area contributed by atoms with Crippen LogP contribution in [0.1, 0.15) is 40.5 Å². The molecule has 0 saturated heterocycles. The number of hydrogen-bond donors (Lipinski definition) is 0. The molecule has 1 nitrogen and oxygen atoms in total. The zero-order valence-corrected chi connectivity index (χ0v) is 9.48. The largest absolute Gasteiger partial charge is 0.289 e. The van der Waals surface area contributed by atoms with Crippen LogP contribution in [0.15, 0.2) is 34.4 Å². The highest BCUT2D eigenvalue weighted by molar-refractivity contribution is 6.10. The normalized spacial score (nSPS) is 15.7. The van der Waals surface area contributed by atoms with E-state index in [1.807, 2.05) is 26.8 Å². The molecule has 1 aliphatic carbocycles. The molecule has 0 bridgehead atoms. The lowest BCUT2D eigenvalue weighted by molar-refractivity contribution is -0.112. The maximum absolute atomic E-state index is 12.0. The minimum atomic E-state index is 0.193. The molecular formula is C13H18O. The smallest absolute Gasteiger partial charge is 0.188 e. The van der Waals surface area contributed by atoms with Crippen molar-refractivity contribution in [2.45, 2.75) is 40.5 Å². The predicted molar refractivity (Wildman–Crippen MR) is 60.1 cm³/mol. The van der Waals surface area contributed by atoms with Crippen LogP contribution in [0.4, 0.5) is 0 Å². The van der Waals surface area contributed by atoms with E-state index in [-0.39, 0.29) is 5.78 Å². The highest BCUT2D eigenvalue weighted by atomic mass is 16.1. The van der Waals surface area contributed by atoms with Crippen molar-refractivity contribution in [3.8, 4) is 0 Å². The molecule has 0 radical (unpaired) electrons. The summed E-state index contributed by atoms with van der Waals surface area (Å²) in [6.07, 6.45) is 6.14. The van der Waals surface area contributed by atoms with E-state index < -0.39 is 0 Å². The summed E-state index contributed by atoms with van der Waals surface area (Å²) >= 11 is 0. The topological polar surface area (TPSA) is 17.1 Å². The lowest BCUT2D eigenvalue weighted by Gasteiger charge is -2.12. The summed E-state index contributed by atoms with van der Waals surface area (Å²) in [5.41, 5.74) is 4.10. The van der Waals surface area contributed by atoms with E-state index >= 15 is 0 Å². The maximum Gasteiger partial charge on any atom is 0.188 e. The fourth-order valence-electron chi connectivity index (χ4n) is 1.48. The van der Waals surface area contributed by atoms with Gasteiger partial charge in [-0.15, -0.1) is 0 Å². The summed E-state index contributed by atoms with van der Waals surface area (Å²) in [5, 5.41) is 0. The van der Waals surface area contributed by atoms with E-state index in [1.54, 1.807) is 0 Å². The number of hydrogen-bond acceptors (Lipinski definition) is 1. The van der Waals surface area contributed by atoms with E-state index in [9.17, 15) is 4.79 Å². The van der Waals surface area contributed by atoms with Gasteiger partial charge in [-0.05, 0) is 46.1 Å². The molecule has 0 aliphatic heterocycles. The molecule has 1 aliphatic rings. The van der Waals surface area contributed by atoms with Crippen molar-refractivity contribution in [3.63, 3.8) is 0 Å². The second-order valence-electron chi connectivity index (χ2n) is 4.09. The average molecular weight is 190 g/mol. The molecule has 0 aromatic rings. The Balaban J connectivity index is 3.01. The van der Waals surface area contributed by atoms with Gasteiger partial charge >= 0.3 is 0 Å². The number of Topliss-reactive ketones (excluding diaryl/α,β-unsaturated/α-hetero) is 1. The summed E-state index contributed by atoms with van der Waals surface area (Å²) in [6, 6.07) is 0. The Morgan fingerprint density at radius 3 is 2.43 bits per heavy atom. The van der Waals surface area contributed by atoms with Gasteiger partial charge in [0.25, 0.3) is 0 Å². The minimum Gasteiger partial charge on any atom is -0.289 e. The van der Waals surface area contributed by atoms with Gasteiger partial charge in [0.15, 0.2) is 5.78 Å². The molecule has 0 atom stereocenters. The second-order valence-corrected chi connectivity index (χ2v) is 4.09. The molecule has 1 heteroatoms. The fourth-order valence-corrected chi connectivity index (χ4v) is 1.48. The molecule has 0 saturated carbocycles. The van der Waals surface area contributed by atoms with Crippen LogP contribution in [0.25, 0.3) is 0 Å². The number of rotatable bonds is 2. The maximum atomic E-state index is 12.0. The van der Waals surface area contributed by atoms with Gasteiger partial charge in [-0.3, -0.25) is 4.79 Å². The van der Waals surface area contributed by atoms with E-state index in [2.05, 4.69) is 13.0 Å². The first kappa shape index (κ1) is 11.0. The van der Waals surface area contributed by atoms with Crippen molar-refractivity contribution in [3.05, 3.63) is 34.4 Å². The van der Waals surface area contributed by atoms with Crippen molar-refractivity contribution in [2.75, 3.05) is 0 Å². The molecule has 0 fully saturated rings. The lowest BCUT2D eigenvalue weighted by atomic mass is 9.92. The van der Waals surface area contributed by atoms with Crippen molar-refractivity contribution in [1.29, 1.82) is 0 Å². The quantitative estimate of drug-likeness (QED) is 0.608. The van der Waals surface area contributed by atoms with Gasteiger partial charge < -0.3 is 0 Å². The second kappa shape index (κ2) is 4.41. The molecule has 0 unspecified atom stereocenters. The van der Waals surface area contributed by atoms with E-state index in [1.165, 1.54) is 5.57 Å². The molecule has 0 amide bonds. The first-order valence-electron chi connectivity index (χ1n) is 5.09. The predicted octanol–water partition coefficient (Wildman–Crippen LogP) is 3.58. The first-order chi connectivity index (χ1) is 6.54. The third kappa shape index (κ3) is 2.22. The Morgan fingerprint density at radius 1 is 1.29 bits per heavy atom. The van der Waals surface area contributed by atoms with Gasteiger partial charge in [-0.2, -0.15) is 0 Å². The first-order valence-corrected chi connectivity index (χ1v) is 5.09. The molecule has 0 aromatic carbocycles. The van der Waals surface area contributed by atoms with Gasteiger partial charge in [0, 0.05) is 5.57 Å². The monoisotopic (exact) mass is 190 g/mol. The van der Waals surface area contributed by atoms with Crippen LogP contribution in [0.3, 0.4) is 0 Å². The summed E-state index contributed by atoms with van der Waals surface area (Å²) in [6.45, 7) is 7.92. The molecule has 0 heterocycles. The van der Waals surface area contributed by atoms with E-state index in [4.69, 9.17) is 0 Å². The average Bonchev–Trinajstić information content (AvgIpc) is 2.16. The summed E-state index contributed by atoms with van der Waals surface area (Å²) < 4.78 is 0. The molecular weight excluding hydrogens is 172 g/mol. The fraction of sp³-hybridized carbons (Fsp3) is 0.462. The Labute approximate surface area is 86.2 Å². The Morgan fingerprint density at radius 2 is 1.93 bits per heavy atom. The zero-order valence-electron chi connectivity index (χ0n) is 9.48. The summed E-state index contributed by atoms with van der Waals surface area (Å²) in [4.78, 5) is 12.0. The van der Waals surface area contributed by atoms with Gasteiger partial charge in [-0.1, -0.05) is 23.3 Å². The minimum absolute atomic E-state index is 0.193. The van der Waals surface area contributed by atoms with Gasteiger partial charge in [0.2, 0.25) is 0 Å². The number of carbonyl (C=O) groups excluding carboxylic acids is 1. The van der Waals surface area contributed by atoms with Crippen LogP contribution in [-0.2, 0) is 4.79 Å². The molecule has 14 heavy (non-hydrogen) atoms. The van der Waals surface area contributed by atoms with Crippen LogP contribution >= 0.6 is 0 Å². The Kier molecular flexibility index (Phi) is 3.45. The van der Waals surface area contributed by atoms with E-state index in [0.717, 1.165) is 29.6 Å². The molecule has 0 spiro atoms. The van der Waals surface area contributed by atoms with Crippen molar-refractivity contribution in [1.82, 2.24) is 0 Å². The number of allylic oxidation sites excluding steroid dienone is 6. The third-order valence-corrected chi connectivity index (χ3v) is 2.77. The van der Waals surface area contributed by atoms with Gasteiger partial charge in [-0.25, -0.2) is 0 Å². The number of ketones is 1. The number of carbonyl (C=O) groups is 1. The van der Waals surface area contributed by atoms with Gasteiger partial charge in [0.1, 0.15) is 0 Å². The van der Waals surface area contributed by atoms with E-state index in [0.29, 0.717) is 0 Å².